The average molecular weight is 282 g/mol. The van der Waals surface area contributed by atoms with Gasteiger partial charge in [0.1, 0.15) is 12.1 Å². The summed E-state index contributed by atoms with van der Waals surface area (Å²) in [6, 6.07) is 5.42. The van der Waals surface area contributed by atoms with Gasteiger partial charge in [0.15, 0.2) is 0 Å². The number of nitrogens with one attached hydrogen (secondary N) is 1. The minimum Gasteiger partial charge on any atom is -0.373 e. The molecule has 0 aliphatic rings. The first kappa shape index (κ1) is 13.1. The standard InChI is InChI=1S/C13H13Cl2N3/c1-3-11-12(17-7-18-13(11)16-2)8-4-9(14)6-10(15)5-8/h4-7H,3H2,1-2H3,(H,16,17,18). The summed E-state index contributed by atoms with van der Waals surface area (Å²) in [6.07, 6.45) is 2.37. The first-order chi connectivity index (χ1) is 8.65. The Kier molecular flexibility index (Phi) is 4.04. The van der Waals surface area contributed by atoms with Gasteiger partial charge in [-0.3, -0.25) is 0 Å². The fraction of sp³-hybridized carbons (Fsp3) is 0.231. The molecule has 0 saturated carbocycles. The minimum absolute atomic E-state index is 0.601. The summed E-state index contributed by atoms with van der Waals surface area (Å²) in [4.78, 5) is 8.55. The second kappa shape index (κ2) is 5.55. The van der Waals surface area contributed by atoms with Gasteiger partial charge in [-0.2, -0.15) is 0 Å². The van der Waals surface area contributed by atoms with Crippen LogP contribution in [-0.2, 0) is 6.42 Å². The third kappa shape index (κ3) is 2.57. The zero-order chi connectivity index (χ0) is 13.1. The molecule has 1 aromatic heterocycles. The van der Waals surface area contributed by atoms with Crippen LogP contribution >= 0.6 is 23.2 Å². The van der Waals surface area contributed by atoms with Crippen LogP contribution in [0.3, 0.4) is 0 Å². The van der Waals surface area contributed by atoms with Gasteiger partial charge in [-0.15, -0.1) is 0 Å². The third-order valence-corrected chi connectivity index (χ3v) is 3.11. The van der Waals surface area contributed by atoms with Crippen LogP contribution in [0.25, 0.3) is 11.3 Å². The summed E-state index contributed by atoms with van der Waals surface area (Å²) in [7, 11) is 1.84. The highest BCUT2D eigenvalue weighted by atomic mass is 35.5. The first-order valence-corrected chi connectivity index (χ1v) is 6.39. The van der Waals surface area contributed by atoms with Gasteiger partial charge in [0, 0.05) is 28.2 Å². The molecule has 1 aromatic carbocycles. The van der Waals surface area contributed by atoms with Crippen LogP contribution in [0.2, 0.25) is 10.0 Å². The topological polar surface area (TPSA) is 37.8 Å². The van der Waals surface area contributed by atoms with Gasteiger partial charge in [0.05, 0.1) is 5.69 Å². The maximum atomic E-state index is 6.03. The van der Waals surface area contributed by atoms with E-state index in [9.17, 15) is 0 Å². The second-order valence-electron chi connectivity index (χ2n) is 3.81. The Bertz CT molecular complexity index is 550. The van der Waals surface area contributed by atoms with Gasteiger partial charge >= 0.3 is 0 Å². The third-order valence-electron chi connectivity index (χ3n) is 2.67. The Morgan fingerprint density at radius 1 is 1.11 bits per heavy atom. The van der Waals surface area contributed by atoms with E-state index in [1.165, 1.54) is 6.33 Å². The molecule has 0 radical (unpaired) electrons. The van der Waals surface area contributed by atoms with Crippen LogP contribution in [0.1, 0.15) is 12.5 Å². The zero-order valence-corrected chi connectivity index (χ0v) is 11.7. The van der Waals surface area contributed by atoms with Gasteiger partial charge in [-0.05, 0) is 24.6 Å². The van der Waals surface area contributed by atoms with Crippen LogP contribution in [0.5, 0.6) is 0 Å². The lowest BCUT2D eigenvalue weighted by Gasteiger charge is -2.11. The summed E-state index contributed by atoms with van der Waals surface area (Å²) in [5, 5.41) is 4.27. The molecule has 3 nitrogen and oxygen atoms in total. The van der Waals surface area contributed by atoms with Crippen LogP contribution in [0.15, 0.2) is 24.5 Å². The summed E-state index contributed by atoms with van der Waals surface area (Å²) < 4.78 is 0. The van der Waals surface area contributed by atoms with Crippen molar-refractivity contribution in [2.24, 2.45) is 0 Å². The van der Waals surface area contributed by atoms with Gasteiger partial charge in [0.25, 0.3) is 0 Å². The number of nitrogens with zero attached hydrogens (tertiary/aromatic N) is 2. The highest BCUT2D eigenvalue weighted by Gasteiger charge is 2.11. The lowest BCUT2D eigenvalue weighted by atomic mass is 10.0. The number of benzene rings is 1. The lowest BCUT2D eigenvalue weighted by molar-refractivity contribution is 1.05. The van der Waals surface area contributed by atoms with Crippen molar-refractivity contribution >= 4 is 29.0 Å². The molecular formula is C13H13Cl2N3. The monoisotopic (exact) mass is 281 g/mol. The van der Waals surface area contributed by atoms with Crippen molar-refractivity contribution in [2.45, 2.75) is 13.3 Å². The molecule has 0 fully saturated rings. The maximum absolute atomic E-state index is 6.03. The molecule has 0 bridgehead atoms. The van der Waals surface area contributed by atoms with Gasteiger partial charge in [-0.1, -0.05) is 30.1 Å². The smallest absolute Gasteiger partial charge is 0.132 e. The van der Waals surface area contributed by atoms with Crippen molar-refractivity contribution in [3.8, 4) is 11.3 Å². The predicted molar refractivity (Wildman–Crippen MR) is 76.4 cm³/mol. The molecule has 0 saturated heterocycles. The quantitative estimate of drug-likeness (QED) is 0.922. The molecule has 0 unspecified atom stereocenters. The van der Waals surface area contributed by atoms with Crippen molar-refractivity contribution in [3.63, 3.8) is 0 Å². The highest BCUT2D eigenvalue weighted by molar-refractivity contribution is 6.35. The molecule has 0 aliphatic carbocycles. The van der Waals surface area contributed by atoms with E-state index in [0.29, 0.717) is 10.0 Å². The predicted octanol–water partition coefficient (Wildman–Crippen LogP) is 4.05. The molecule has 18 heavy (non-hydrogen) atoms. The summed E-state index contributed by atoms with van der Waals surface area (Å²) in [5.41, 5.74) is 2.82. The first-order valence-electron chi connectivity index (χ1n) is 5.63. The molecule has 94 valence electrons. The second-order valence-corrected chi connectivity index (χ2v) is 4.68. The number of rotatable bonds is 3. The fourth-order valence-corrected chi connectivity index (χ4v) is 2.43. The van der Waals surface area contributed by atoms with Crippen molar-refractivity contribution in [1.82, 2.24) is 9.97 Å². The largest absolute Gasteiger partial charge is 0.373 e. The normalized spacial score (nSPS) is 10.4. The Balaban J connectivity index is 2.63. The van der Waals surface area contributed by atoms with E-state index in [4.69, 9.17) is 23.2 Å². The lowest BCUT2D eigenvalue weighted by Crippen LogP contribution is -2.02. The van der Waals surface area contributed by atoms with E-state index < -0.39 is 0 Å². The molecule has 0 amide bonds. The Morgan fingerprint density at radius 2 is 1.78 bits per heavy atom. The van der Waals surface area contributed by atoms with Crippen LogP contribution in [0, 0.1) is 0 Å². The van der Waals surface area contributed by atoms with Crippen LogP contribution in [-0.4, -0.2) is 17.0 Å². The van der Waals surface area contributed by atoms with Crippen LogP contribution in [0.4, 0.5) is 5.82 Å². The van der Waals surface area contributed by atoms with E-state index in [-0.39, 0.29) is 0 Å². The summed E-state index contributed by atoms with van der Waals surface area (Å²) in [6.45, 7) is 2.06. The molecule has 0 spiro atoms. The molecule has 5 heteroatoms. The Morgan fingerprint density at radius 3 is 2.33 bits per heavy atom. The SMILES string of the molecule is CCc1c(NC)ncnc1-c1cc(Cl)cc(Cl)c1. The molecule has 0 atom stereocenters. The van der Waals surface area contributed by atoms with Crippen LogP contribution < -0.4 is 5.32 Å². The summed E-state index contributed by atoms with van der Waals surface area (Å²) in [5.74, 6) is 0.832. The molecular weight excluding hydrogens is 269 g/mol. The van der Waals surface area contributed by atoms with Gasteiger partial charge in [0.2, 0.25) is 0 Å². The van der Waals surface area contributed by atoms with E-state index >= 15 is 0 Å². The molecule has 1 heterocycles. The molecule has 1 N–H and O–H groups in total. The number of hydrogen-bond acceptors (Lipinski definition) is 3. The molecule has 0 aliphatic heterocycles. The number of hydrogen-bond donors (Lipinski definition) is 1. The van der Waals surface area contributed by atoms with Crippen molar-refractivity contribution in [2.75, 3.05) is 12.4 Å². The van der Waals surface area contributed by atoms with Crippen molar-refractivity contribution in [1.29, 1.82) is 0 Å². The van der Waals surface area contributed by atoms with E-state index in [1.54, 1.807) is 6.07 Å². The number of aromatic nitrogens is 2. The van der Waals surface area contributed by atoms with E-state index in [2.05, 4.69) is 22.2 Å². The van der Waals surface area contributed by atoms with Crippen molar-refractivity contribution < 1.29 is 0 Å². The van der Waals surface area contributed by atoms with E-state index in [1.807, 2.05) is 19.2 Å². The minimum atomic E-state index is 0.601. The number of halogens is 2. The highest BCUT2D eigenvalue weighted by Crippen LogP contribution is 2.30. The molecule has 2 rings (SSSR count). The average Bonchev–Trinajstić information content (AvgIpc) is 2.36. The fourth-order valence-electron chi connectivity index (χ4n) is 1.90. The van der Waals surface area contributed by atoms with Crippen molar-refractivity contribution in [3.05, 3.63) is 40.1 Å². The number of anilines is 1. The molecule has 2 aromatic rings. The van der Waals surface area contributed by atoms with Gasteiger partial charge < -0.3 is 5.32 Å². The van der Waals surface area contributed by atoms with E-state index in [0.717, 1.165) is 29.1 Å². The maximum Gasteiger partial charge on any atom is 0.132 e. The Labute approximate surface area is 116 Å². The zero-order valence-electron chi connectivity index (χ0n) is 10.2. The Hall–Kier alpha value is -1.32. The van der Waals surface area contributed by atoms with Gasteiger partial charge in [-0.25, -0.2) is 9.97 Å². The summed E-state index contributed by atoms with van der Waals surface area (Å²) >= 11 is 12.1.